The van der Waals surface area contributed by atoms with Crippen LogP contribution in [-0.2, 0) is 20.6 Å². The number of rotatable bonds is 7. The van der Waals surface area contributed by atoms with E-state index in [2.05, 4.69) is 15.9 Å². The molecule has 0 saturated carbocycles. The summed E-state index contributed by atoms with van der Waals surface area (Å²) in [7, 11) is -2.06. The molecule has 0 aliphatic carbocycles. The van der Waals surface area contributed by atoms with Crippen molar-refractivity contribution in [2.24, 2.45) is 0 Å². The van der Waals surface area contributed by atoms with E-state index in [0.29, 0.717) is 25.5 Å². The van der Waals surface area contributed by atoms with E-state index in [1.165, 1.54) is 17.5 Å². The minimum Gasteiger partial charge on any atom is -0.452 e. The molecule has 0 N–H and O–H groups in total. The Bertz CT molecular complexity index is 488. The first-order valence-corrected chi connectivity index (χ1v) is 8.07. The van der Waals surface area contributed by atoms with Gasteiger partial charge in [-0.05, 0) is 15.9 Å². The zero-order valence-electron chi connectivity index (χ0n) is 10.2. The third kappa shape index (κ3) is 3.48. The molecule has 0 unspecified atom stereocenters. The van der Waals surface area contributed by atoms with Crippen LogP contribution in [0.15, 0.2) is 20.0 Å². The monoisotopic (exact) mass is 359 g/mol. The Kier molecular flexibility index (Phi) is 6.13. The Hall–Kier alpha value is -0.0800. The fourth-order valence-corrected chi connectivity index (χ4v) is 3.95. The first-order chi connectivity index (χ1) is 8.47. The second kappa shape index (κ2) is 6.91. The predicted molar refractivity (Wildman–Crippen MR) is 72.3 cm³/mol. The summed E-state index contributed by atoms with van der Waals surface area (Å²) in [6.07, 6.45) is 0. The third-order valence-corrected chi connectivity index (χ3v) is 5.45. The predicted octanol–water partition coefficient (Wildman–Crippen LogP) is 2.44. The van der Waals surface area contributed by atoms with Crippen LogP contribution in [0.4, 0.5) is 0 Å². The van der Waals surface area contributed by atoms with Gasteiger partial charge < -0.3 is 9.15 Å². The summed E-state index contributed by atoms with van der Waals surface area (Å²) in [4.78, 5) is 0.0936. The van der Waals surface area contributed by atoms with Gasteiger partial charge in [0.15, 0.2) is 4.67 Å². The number of ether oxygens (including phenoxy) is 1. The Morgan fingerprint density at radius 2 is 2.22 bits per heavy atom. The molecule has 0 spiro atoms. The Morgan fingerprint density at radius 3 is 2.67 bits per heavy atom. The summed E-state index contributed by atoms with van der Waals surface area (Å²) in [6, 6.07) is 1.43. The van der Waals surface area contributed by atoms with Crippen LogP contribution in [0.25, 0.3) is 0 Å². The topological polar surface area (TPSA) is 59.8 Å². The highest BCUT2D eigenvalue weighted by molar-refractivity contribution is 9.10. The maximum absolute atomic E-state index is 12.4. The minimum atomic E-state index is -3.59. The van der Waals surface area contributed by atoms with Crippen LogP contribution in [0, 0.1) is 0 Å². The van der Waals surface area contributed by atoms with Crippen molar-refractivity contribution in [3.8, 4) is 0 Å². The highest BCUT2D eigenvalue weighted by atomic mass is 79.9. The van der Waals surface area contributed by atoms with Gasteiger partial charge in [0.25, 0.3) is 0 Å². The number of halogens is 2. The van der Waals surface area contributed by atoms with Crippen molar-refractivity contribution >= 4 is 37.6 Å². The summed E-state index contributed by atoms with van der Waals surface area (Å²) in [5, 5.41) is 0. The zero-order valence-corrected chi connectivity index (χ0v) is 13.3. The average Bonchev–Trinajstić information content (AvgIpc) is 2.72. The normalized spacial score (nSPS) is 12.3. The lowest BCUT2D eigenvalue weighted by atomic mass is 10.5. The molecule has 0 aliphatic rings. The molecule has 1 rings (SSSR count). The number of hydrogen-bond acceptors (Lipinski definition) is 4. The fourth-order valence-electron chi connectivity index (χ4n) is 1.42. The largest absolute Gasteiger partial charge is 0.452 e. The number of sulfonamides is 1. The fraction of sp³-hybridized carbons (Fsp3) is 0.600. The van der Waals surface area contributed by atoms with Crippen molar-refractivity contribution in [2.45, 2.75) is 17.7 Å². The van der Waals surface area contributed by atoms with Crippen molar-refractivity contribution in [2.75, 3.05) is 26.8 Å². The molecule has 1 heterocycles. The Balaban J connectivity index is 3.06. The maximum atomic E-state index is 12.4. The molecule has 1 aromatic heterocycles. The van der Waals surface area contributed by atoms with Gasteiger partial charge in [0.05, 0.1) is 12.5 Å². The van der Waals surface area contributed by atoms with Gasteiger partial charge in [0.2, 0.25) is 10.0 Å². The van der Waals surface area contributed by atoms with Crippen LogP contribution in [0.1, 0.15) is 12.7 Å². The van der Waals surface area contributed by atoms with Crippen molar-refractivity contribution in [1.29, 1.82) is 0 Å². The lowest BCUT2D eigenvalue weighted by Crippen LogP contribution is -2.33. The van der Waals surface area contributed by atoms with Gasteiger partial charge in [-0.1, -0.05) is 6.92 Å². The van der Waals surface area contributed by atoms with Crippen LogP contribution < -0.4 is 0 Å². The van der Waals surface area contributed by atoms with Crippen LogP contribution in [0.5, 0.6) is 0 Å². The molecule has 0 radical (unpaired) electrons. The van der Waals surface area contributed by atoms with Crippen LogP contribution in [0.3, 0.4) is 0 Å². The summed E-state index contributed by atoms with van der Waals surface area (Å²) < 4.78 is 36.3. The number of furan rings is 1. The number of nitrogens with zero attached hydrogens (tertiary/aromatic N) is 1. The van der Waals surface area contributed by atoms with E-state index in [0.717, 1.165) is 0 Å². The number of hydrogen-bond donors (Lipinski definition) is 0. The van der Waals surface area contributed by atoms with Gasteiger partial charge in [-0.15, -0.1) is 11.6 Å². The quantitative estimate of drug-likeness (QED) is 0.701. The van der Waals surface area contributed by atoms with E-state index in [4.69, 9.17) is 20.8 Å². The molecule has 1 aromatic rings. The lowest BCUT2D eigenvalue weighted by molar-refractivity contribution is 0.180. The molecular weight excluding hydrogens is 346 g/mol. The van der Waals surface area contributed by atoms with Gasteiger partial charge in [-0.2, -0.15) is 4.31 Å². The molecule has 0 fully saturated rings. The van der Waals surface area contributed by atoms with Crippen LogP contribution >= 0.6 is 27.5 Å². The van der Waals surface area contributed by atoms with E-state index < -0.39 is 10.0 Å². The lowest BCUT2D eigenvalue weighted by Gasteiger charge is -2.19. The van der Waals surface area contributed by atoms with E-state index in [1.54, 1.807) is 6.92 Å². The number of alkyl halides is 1. The molecule has 8 heteroatoms. The molecule has 0 atom stereocenters. The molecule has 104 valence electrons. The Morgan fingerprint density at radius 1 is 1.56 bits per heavy atom. The van der Waals surface area contributed by atoms with Crippen molar-refractivity contribution in [3.63, 3.8) is 0 Å². The summed E-state index contributed by atoms with van der Waals surface area (Å²) in [6.45, 7) is 2.76. The Labute approximate surface area is 120 Å². The van der Waals surface area contributed by atoms with E-state index >= 15 is 0 Å². The minimum absolute atomic E-state index is 0.0936. The number of methoxy groups -OCH3 is 1. The molecular formula is C10H15BrClNO4S. The van der Waals surface area contributed by atoms with Crippen molar-refractivity contribution in [1.82, 2.24) is 4.31 Å². The first-order valence-electron chi connectivity index (χ1n) is 5.30. The van der Waals surface area contributed by atoms with Gasteiger partial charge in [0.1, 0.15) is 10.7 Å². The molecule has 0 amide bonds. The van der Waals surface area contributed by atoms with E-state index in [9.17, 15) is 8.42 Å². The van der Waals surface area contributed by atoms with Gasteiger partial charge >= 0.3 is 0 Å². The van der Waals surface area contributed by atoms with Crippen molar-refractivity contribution in [3.05, 3.63) is 16.5 Å². The van der Waals surface area contributed by atoms with E-state index in [1.807, 2.05) is 0 Å². The van der Waals surface area contributed by atoms with Gasteiger partial charge in [-0.25, -0.2) is 8.42 Å². The number of likely N-dealkylation sites (N-methyl/N-ethyl adjacent to an activating group) is 1. The second-order valence-electron chi connectivity index (χ2n) is 3.47. The molecule has 0 aromatic carbocycles. The molecule has 18 heavy (non-hydrogen) atoms. The summed E-state index contributed by atoms with van der Waals surface area (Å²) in [5.41, 5.74) is 0. The smallest absolute Gasteiger partial charge is 0.247 e. The van der Waals surface area contributed by atoms with Crippen LogP contribution in [-0.4, -0.2) is 39.5 Å². The highest BCUT2D eigenvalue weighted by Crippen LogP contribution is 2.29. The zero-order chi connectivity index (χ0) is 13.8. The van der Waals surface area contributed by atoms with Crippen molar-refractivity contribution < 1.29 is 17.6 Å². The highest BCUT2D eigenvalue weighted by Gasteiger charge is 2.28. The maximum Gasteiger partial charge on any atom is 0.247 e. The molecule has 0 bridgehead atoms. The van der Waals surface area contributed by atoms with Crippen LogP contribution in [0.2, 0.25) is 0 Å². The van der Waals surface area contributed by atoms with E-state index in [-0.39, 0.29) is 15.4 Å². The first kappa shape index (κ1) is 16.0. The SMILES string of the molecule is CCN(CCOC)S(=O)(=O)c1cc(CCl)oc1Br. The summed E-state index contributed by atoms with van der Waals surface area (Å²) >= 11 is 8.71. The third-order valence-electron chi connectivity index (χ3n) is 2.35. The molecule has 5 nitrogen and oxygen atoms in total. The molecule has 0 saturated heterocycles. The van der Waals surface area contributed by atoms with Gasteiger partial charge in [0, 0.05) is 26.3 Å². The standard InChI is InChI=1S/C10H15BrClNO4S/c1-3-13(4-5-16-2)18(14,15)9-6-8(7-12)17-10(9)11/h6H,3-5,7H2,1-2H3. The molecule has 0 aliphatic heterocycles. The second-order valence-corrected chi connectivity index (χ2v) is 6.37. The summed E-state index contributed by atoms with van der Waals surface area (Å²) in [5.74, 6) is 0.531. The van der Waals surface area contributed by atoms with Gasteiger partial charge in [-0.3, -0.25) is 0 Å². The average molecular weight is 361 g/mol.